The SMILES string of the molecule is CSc1nc(N)nc([C@@](C)(Nc2cc(OCCN(C)C)cc(C(F)(F)F)c2)C(N)=O)c1C#N. The Kier molecular flexibility index (Phi) is 7.99. The van der Waals surface area contributed by atoms with Crippen LogP contribution in [0, 0.1) is 11.3 Å². The van der Waals surface area contributed by atoms with Crippen LogP contribution in [0.4, 0.5) is 24.8 Å². The fourth-order valence-electron chi connectivity index (χ4n) is 2.86. The van der Waals surface area contributed by atoms with Gasteiger partial charge in [-0.15, -0.1) is 11.8 Å². The average molecular weight is 484 g/mol. The lowest BCUT2D eigenvalue weighted by Gasteiger charge is -2.30. The number of rotatable bonds is 9. The van der Waals surface area contributed by atoms with Gasteiger partial charge in [0.1, 0.15) is 29.0 Å². The van der Waals surface area contributed by atoms with Gasteiger partial charge in [-0.25, -0.2) is 9.97 Å². The number of hydrogen-bond donors (Lipinski definition) is 3. The number of thioether (sulfide) groups is 1. The molecule has 0 aliphatic rings. The highest BCUT2D eigenvalue weighted by molar-refractivity contribution is 7.98. The maximum absolute atomic E-state index is 13.5. The van der Waals surface area contributed by atoms with Gasteiger partial charge in [0, 0.05) is 18.3 Å². The van der Waals surface area contributed by atoms with Crippen LogP contribution in [0.25, 0.3) is 0 Å². The van der Waals surface area contributed by atoms with E-state index in [-0.39, 0.29) is 40.3 Å². The van der Waals surface area contributed by atoms with Gasteiger partial charge in [-0.3, -0.25) is 4.79 Å². The van der Waals surface area contributed by atoms with Crippen molar-refractivity contribution >= 4 is 29.3 Å². The molecule has 2 aromatic rings. The maximum Gasteiger partial charge on any atom is 0.416 e. The average Bonchev–Trinajstić information content (AvgIpc) is 2.71. The van der Waals surface area contributed by atoms with Crippen molar-refractivity contribution in [2.24, 2.45) is 5.73 Å². The number of nitrogens with one attached hydrogen (secondary N) is 1. The molecule has 2 rings (SSSR count). The summed E-state index contributed by atoms with van der Waals surface area (Å²) in [7, 11) is 3.59. The van der Waals surface area contributed by atoms with Gasteiger partial charge in [-0.05, 0) is 39.4 Å². The van der Waals surface area contributed by atoms with Crippen molar-refractivity contribution in [3.8, 4) is 11.8 Å². The predicted molar refractivity (Wildman–Crippen MR) is 119 cm³/mol. The molecule has 5 N–H and O–H groups in total. The summed E-state index contributed by atoms with van der Waals surface area (Å²) >= 11 is 1.10. The number of halogens is 3. The van der Waals surface area contributed by atoms with E-state index in [9.17, 15) is 23.2 Å². The minimum absolute atomic E-state index is 0.0616. The summed E-state index contributed by atoms with van der Waals surface area (Å²) in [6, 6.07) is 4.89. The van der Waals surface area contributed by atoms with Gasteiger partial charge in [0.05, 0.1) is 11.3 Å². The maximum atomic E-state index is 13.5. The van der Waals surface area contributed by atoms with Crippen LogP contribution in [0.3, 0.4) is 0 Å². The zero-order chi connectivity index (χ0) is 25.0. The third kappa shape index (κ3) is 6.17. The highest BCUT2D eigenvalue weighted by Gasteiger charge is 2.40. The normalized spacial score (nSPS) is 13.3. The minimum Gasteiger partial charge on any atom is -0.492 e. The molecule has 0 saturated heterocycles. The van der Waals surface area contributed by atoms with Crippen LogP contribution in [-0.2, 0) is 16.5 Å². The van der Waals surface area contributed by atoms with Crippen molar-refractivity contribution in [3.63, 3.8) is 0 Å². The van der Waals surface area contributed by atoms with Gasteiger partial charge < -0.3 is 26.4 Å². The summed E-state index contributed by atoms with van der Waals surface area (Å²) < 4.78 is 46.0. The molecule has 1 aromatic heterocycles. The number of primary amides is 1. The first kappa shape index (κ1) is 26.0. The van der Waals surface area contributed by atoms with Crippen LogP contribution in [0.1, 0.15) is 23.7 Å². The molecule has 1 heterocycles. The van der Waals surface area contributed by atoms with Gasteiger partial charge in [-0.1, -0.05) is 0 Å². The number of likely N-dealkylation sites (N-methyl/N-ethyl adjacent to an activating group) is 1. The number of nitriles is 1. The Morgan fingerprint density at radius 2 is 1.97 bits per heavy atom. The highest BCUT2D eigenvalue weighted by Crippen LogP contribution is 2.37. The molecule has 1 amide bonds. The second-order valence-corrected chi connectivity index (χ2v) is 8.23. The van der Waals surface area contributed by atoms with Gasteiger partial charge >= 0.3 is 6.18 Å². The molecule has 1 aromatic carbocycles. The number of carbonyl (C=O) groups is 1. The van der Waals surface area contributed by atoms with Crippen molar-refractivity contribution in [1.29, 1.82) is 5.26 Å². The monoisotopic (exact) mass is 483 g/mol. The number of alkyl halides is 3. The largest absolute Gasteiger partial charge is 0.492 e. The van der Waals surface area contributed by atoms with Crippen LogP contribution in [0.5, 0.6) is 5.75 Å². The van der Waals surface area contributed by atoms with E-state index < -0.39 is 23.2 Å². The number of anilines is 2. The molecule has 0 aliphatic heterocycles. The van der Waals surface area contributed by atoms with E-state index in [0.717, 1.165) is 23.9 Å². The summed E-state index contributed by atoms with van der Waals surface area (Å²) in [6.07, 6.45) is -3.03. The summed E-state index contributed by atoms with van der Waals surface area (Å²) in [5, 5.41) is 12.5. The number of ether oxygens (including phenoxy) is 1. The van der Waals surface area contributed by atoms with E-state index in [4.69, 9.17) is 16.2 Å². The Hall–Kier alpha value is -3.24. The first-order valence-corrected chi connectivity index (χ1v) is 10.7. The van der Waals surface area contributed by atoms with E-state index in [0.29, 0.717) is 6.54 Å². The number of amides is 1. The number of nitrogens with zero attached hydrogens (tertiary/aromatic N) is 4. The Balaban J connectivity index is 2.61. The second kappa shape index (κ2) is 10.1. The molecule has 33 heavy (non-hydrogen) atoms. The molecule has 13 heteroatoms. The zero-order valence-electron chi connectivity index (χ0n) is 18.4. The smallest absolute Gasteiger partial charge is 0.416 e. The Bertz CT molecular complexity index is 1070. The summed E-state index contributed by atoms with van der Waals surface area (Å²) in [5.74, 6) is -1.27. The van der Waals surface area contributed by atoms with Crippen molar-refractivity contribution in [2.75, 3.05) is 44.6 Å². The molecule has 9 nitrogen and oxygen atoms in total. The van der Waals surface area contributed by atoms with Crippen molar-refractivity contribution in [1.82, 2.24) is 14.9 Å². The van der Waals surface area contributed by atoms with Gasteiger partial charge in [-0.2, -0.15) is 18.4 Å². The first-order chi connectivity index (χ1) is 15.3. The molecule has 0 saturated carbocycles. The summed E-state index contributed by atoms with van der Waals surface area (Å²) in [5.41, 5.74) is 8.13. The third-order valence-electron chi connectivity index (χ3n) is 4.60. The molecule has 0 unspecified atom stereocenters. The van der Waals surface area contributed by atoms with Crippen LogP contribution >= 0.6 is 11.8 Å². The molecule has 0 fully saturated rings. The zero-order valence-corrected chi connectivity index (χ0v) is 19.3. The lowest BCUT2D eigenvalue weighted by molar-refractivity contribution is -0.137. The minimum atomic E-state index is -4.68. The number of nitrogen functional groups attached to an aromatic ring is 1. The lowest BCUT2D eigenvalue weighted by Crippen LogP contribution is -2.46. The van der Waals surface area contributed by atoms with Gasteiger partial charge in [0.15, 0.2) is 5.54 Å². The molecule has 0 aliphatic carbocycles. The predicted octanol–water partition coefficient (Wildman–Crippen LogP) is 2.42. The van der Waals surface area contributed by atoms with Gasteiger partial charge in [0.25, 0.3) is 0 Å². The van der Waals surface area contributed by atoms with Crippen LogP contribution in [0.2, 0.25) is 0 Å². The summed E-state index contributed by atoms with van der Waals surface area (Å²) in [6.45, 7) is 1.91. The molecule has 0 bridgehead atoms. The fourth-order valence-corrected chi connectivity index (χ4v) is 3.39. The molecular weight excluding hydrogens is 459 g/mol. The second-order valence-electron chi connectivity index (χ2n) is 7.44. The van der Waals surface area contributed by atoms with E-state index in [1.54, 1.807) is 20.4 Å². The number of aromatic nitrogens is 2. The highest BCUT2D eigenvalue weighted by atomic mass is 32.2. The fraction of sp³-hybridized carbons (Fsp3) is 0.400. The Morgan fingerprint density at radius 1 is 1.30 bits per heavy atom. The quantitative estimate of drug-likeness (QED) is 0.362. The number of carbonyl (C=O) groups excluding carboxylic acids is 1. The molecule has 1 atom stereocenters. The van der Waals surface area contributed by atoms with Crippen molar-refractivity contribution in [3.05, 3.63) is 35.0 Å². The molecular formula is C20H24F3N7O2S. The standard InChI is InChI=1S/C20H24F3N7O2S/c1-19(17(25)31,15-14(10-24)16(33-4)28-18(26)27-15)29-12-7-11(20(21,22)23)8-13(9-12)32-6-5-30(2)3/h7-9,29H,5-6H2,1-4H3,(H2,25,31)(H2,26,27,28)/t19-/m1/s1. The molecule has 0 radical (unpaired) electrons. The van der Waals surface area contributed by atoms with E-state index in [1.807, 2.05) is 11.0 Å². The van der Waals surface area contributed by atoms with Crippen LogP contribution in [0.15, 0.2) is 23.2 Å². The van der Waals surface area contributed by atoms with E-state index >= 15 is 0 Å². The Labute approximate surface area is 193 Å². The van der Waals surface area contributed by atoms with Crippen LogP contribution < -0.4 is 21.5 Å². The lowest BCUT2D eigenvalue weighted by atomic mass is 9.92. The van der Waals surface area contributed by atoms with Gasteiger partial charge in [0.2, 0.25) is 11.9 Å². The number of nitrogens with two attached hydrogens (primary N) is 2. The Morgan fingerprint density at radius 3 is 2.48 bits per heavy atom. The van der Waals surface area contributed by atoms with E-state index in [1.165, 1.54) is 13.0 Å². The van der Waals surface area contributed by atoms with Crippen molar-refractivity contribution < 1.29 is 22.7 Å². The third-order valence-corrected chi connectivity index (χ3v) is 5.28. The number of hydrogen-bond acceptors (Lipinski definition) is 9. The first-order valence-electron chi connectivity index (χ1n) is 9.51. The van der Waals surface area contributed by atoms with Crippen molar-refractivity contribution in [2.45, 2.75) is 23.7 Å². The topological polar surface area (TPSA) is 143 Å². The van der Waals surface area contributed by atoms with E-state index in [2.05, 4.69) is 15.3 Å². The summed E-state index contributed by atoms with van der Waals surface area (Å²) in [4.78, 5) is 22.3. The molecule has 0 spiro atoms. The molecule has 178 valence electrons. The van der Waals surface area contributed by atoms with Crippen LogP contribution in [-0.4, -0.2) is 54.3 Å². The number of benzene rings is 1.